The molecule has 0 bridgehead atoms. The van der Waals surface area contributed by atoms with E-state index >= 15 is 0 Å². The van der Waals surface area contributed by atoms with Crippen molar-refractivity contribution in [2.45, 2.75) is 19.3 Å². The first kappa shape index (κ1) is 8.89. The predicted octanol–water partition coefficient (Wildman–Crippen LogP) is 2.41. The van der Waals surface area contributed by atoms with Crippen LogP contribution in [-0.4, -0.2) is 19.9 Å². The van der Waals surface area contributed by atoms with Crippen molar-refractivity contribution in [1.82, 2.24) is 0 Å². The van der Waals surface area contributed by atoms with Gasteiger partial charge in [0.2, 0.25) is 6.79 Å². The van der Waals surface area contributed by atoms with Crippen LogP contribution >= 0.6 is 0 Å². The van der Waals surface area contributed by atoms with Crippen molar-refractivity contribution >= 4 is 5.69 Å². The molecule has 3 nitrogen and oxygen atoms in total. The van der Waals surface area contributed by atoms with Crippen LogP contribution in [0.5, 0.6) is 11.5 Å². The van der Waals surface area contributed by atoms with Gasteiger partial charge in [-0.2, -0.15) is 0 Å². The highest BCUT2D eigenvalue weighted by Gasteiger charge is 2.17. The quantitative estimate of drug-likeness (QED) is 0.702. The molecule has 0 unspecified atom stereocenters. The fourth-order valence-electron chi connectivity index (χ4n) is 2.23. The molecule has 80 valence electrons. The molecular formula is C12H15NO2. The summed E-state index contributed by atoms with van der Waals surface area (Å²) < 4.78 is 10.7. The summed E-state index contributed by atoms with van der Waals surface area (Å²) in [5, 5.41) is 0. The van der Waals surface area contributed by atoms with E-state index in [1.807, 2.05) is 6.07 Å². The normalized spacial score (nSPS) is 19.3. The van der Waals surface area contributed by atoms with Crippen molar-refractivity contribution in [2.75, 3.05) is 24.8 Å². The Balaban J connectivity index is 1.85. The second-order valence-corrected chi connectivity index (χ2v) is 4.09. The van der Waals surface area contributed by atoms with E-state index in [0.717, 1.165) is 11.5 Å². The van der Waals surface area contributed by atoms with E-state index in [9.17, 15) is 0 Å². The molecule has 0 N–H and O–H groups in total. The number of ether oxygens (including phenoxy) is 2. The van der Waals surface area contributed by atoms with Gasteiger partial charge in [-0.25, -0.2) is 0 Å². The van der Waals surface area contributed by atoms with Crippen molar-refractivity contribution in [3.63, 3.8) is 0 Å². The van der Waals surface area contributed by atoms with E-state index in [2.05, 4.69) is 17.0 Å². The topological polar surface area (TPSA) is 21.7 Å². The molecule has 0 aliphatic carbocycles. The summed E-state index contributed by atoms with van der Waals surface area (Å²) in [7, 11) is 0. The van der Waals surface area contributed by atoms with Gasteiger partial charge in [-0.15, -0.1) is 0 Å². The lowest BCUT2D eigenvalue weighted by atomic mass is 10.1. The number of rotatable bonds is 1. The Morgan fingerprint density at radius 2 is 1.73 bits per heavy atom. The molecule has 1 saturated heterocycles. The molecule has 0 aromatic heterocycles. The van der Waals surface area contributed by atoms with E-state index in [4.69, 9.17) is 9.47 Å². The third-order valence-corrected chi connectivity index (χ3v) is 3.08. The number of hydrogen-bond donors (Lipinski definition) is 0. The number of piperidine rings is 1. The minimum absolute atomic E-state index is 0.360. The van der Waals surface area contributed by atoms with Crippen molar-refractivity contribution in [2.24, 2.45) is 0 Å². The number of fused-ring (bicyclic) bond motifs is 1. The molecule has 1 aromatic carbocycles. The second kappa shape index (κ2) is 3.65. The highest BCUT2D eigenvalue weighted by molar-refractivity contribution is 5.57. The van der Waals surface area contributed by atoms with Gasteiger partial charge in [0.15, 0.2) is 11.5 Å². The van der Waals surface area contributed by atoms with Crippen LogP contribution in [-0.2, 0) is 0 Å². The van der Waals surface area contributed by atoms with Gasteiger partial charge in [0.25, 0.3) is 0 Å². The molecule has 0 saturated carbocycles. The van der Waals surface area contributed by atoms with Gasteiger partial charge in [-0.3, -0.25) is 0 Å². The van der Waals surface area contributed by atoms with Gasteiger partial charge in [0.05, 0.1) is 0 Å². The van der Waals surface area contributed by atoms with E-state index in [1.54, 1.807) is 0 Å². The third kappa shape index (κ3) is 1.62. The highest BCUT2D eigenvalue weighted by Crippen LogP contribution is 2.36. The summed E-state index contributed by atoms with van der Waals surface area (Å²) in [5.41, 5.74) is 1.26. The zero-order valence-electron chi connectivity index (χ0n) is 8.74. The van der Waals surface area contributed by atoms with Crippen LogP contribution in [0.15, 0.2) is 18.2 Å². The summed E-state index contributed by atoms with van der Waals surface area (Å²) >= 11 is 0. The minimum Gasteiger partial charge on any atom is -0.454 e. The summed E-state index contributed by atoms with van der Waals surface area (Å²) in [6.45, 7) is 2.69. The summed E-state index contributed by atoms with van der Waals surface area (Å²) in [6, 6.07) is 6.22. The molecule has 1 fully saturated rings. The Kier molecular flexibility index (Phi) is 2.16. The molecule has 3 rings (SSSR count). The van der Waals surface area contributed by atoms with E-state index in [1.165, 1.54) is 38.0 Å². The van der Waals surface area contributed by atoms with Crippen LogP contribution in [0.3, 0.4) is 0 Å². The fraction of sp³-hybridized carbons (Fsp3) is 0.500. The number of nitrogens with zero attached hydrogens (tertiary/aromatic N) is 1. The maximum absolute atomic E-state index is 5.38. The Morgan fingerprint density at radius 3 is 2.60 bits per heavy atom. The first-order chi connectivity index (χ1) is 7.43. The molecule has 0 amide bonds. The molecule has 1 aromatic rings. The number of anilines is 1. The van der Waals surface area contributed by atoms with Crippen molar-refractivity contribution in [3.8, 4) is 11.5 Å². The first-order valence-corrected chi connectivity index (χ1v) is 5.58. The average molecular weight is 205 g/mol. The van der Waals surface area contributed by atoms with Gasteiger partial charge < -0.3 is 14.4 Å². The second-order valence-electron chi connectivity index (χ2n) is 4.09. The lowest BCUT2D eigenvalue weighted by Crippen LogP contribution is -2.29. The fourth-order valence-corrected chi connectivity index (χ4v) is 2.23. The van der Waals surface area contributed by atoms with E-state index < -0.39 is 0 Å². The zero-order valence-corrected chi connectivity index (χ0v) is 8.74. The Bertz CT molecular complexity index is 359. The largest absolute Gasteiger partial charge is 0.454 e. The van der Waals surface area contributed by atoms with Gasteiger partial charge >= 0.3 is 0 Å². The summed E-state index contributed by atoms with van der Waals surface area (Å²) in [4.78, 5) is 2.42. The van der Waals surface area contributed by atoms with Gasteiger partial charge in [0, 0.05) is 24.8 Å². The van der Waals surface area contributed by atoms with Crippen LogP contribution in [0.25, 0.3) is 0 Å². The SMILES string of the molecule is c1cc2c(cc1N1CCCCC1)OCO2. The van der Waals surface area contributed by atoms with Crippen molar-refractivity contribution in [1.29, 1.82) is 0 Å². The van der Waals surface area contributed by atoms with Crippen LogP contribution < -0.4 is 14.4 Å². The molecule has 0 spiro atoms. The smallest absolute Gasteiger partial charge is 0.231 e. The van der Waals surface area contributed by atoms with E-state index in [-0.39, 0.29) is 0 Å². The standard InChI is InChI=1S/C12H15NO2/c1-2-6-13(7-3-1)10-4-5-11-12(8-10)15-9-14-11/h4-5,8H,1-3,6-7,9H2. The lowest BCUT2D eigenvalue weighted by molar-refractivity contribution is 0.174. The van der Waals surface area contributed by atoms with Gasteiger partial charge in [-0.1, -0.05) is 0 Å². The van der Waals surface area contributed by atoms with Crippen molar-refractivity contribution in [3.05, 3.63) is 18.2 Å². The summed E-state index contributed by atoms with van der Waals surface area (Å²) in [5.74, 6) is 1.76. The van der Waals surface area contributed by atoms with E-state index in [0.29, 0.717) is 6.79 Å². The molecule has 3 heteroatoms. The summed E-state index contributed by atoms with van der Waals surface area (Å²) in [6.07, 6.45) is 3.96. The van der Waals surface area contributed by atoms with Gasteiger partial charge in [-0.05, 0) is 31.4 Å². The molecule has 0 atom stereocenters. The molecule has 0 radical (unpaired) electrons. The van der Waals surface area contributed by atoms with Gasteiger partial charge in [0.1, 0.15) is 0 Å². The maximum atomic E-state index is 5.38. The Morgan fingerprint density at radius 1 is 0.933 bits per heavy atom. The number of hydrogen-bond acceptors (Lipinski definition) is 3. The van der Waals surface area contributed by atoms with Crippen LogP contribution in [0, 0.1) is 0 Å². The minimum atomic E-state index is 0.360. The average Bonchev–Trinajstić information content (AvgIpc) is 2.77. The van der Waals surface area contributed by atoms with Crippen molar-refractivity contribution < 1.29 is 9.47 Å². The number of benzene rings is 1. The molecule has 2 aliphatic heterocycles. The van der Waals surface area contributed by atoms with Crippen LogP contribution in [0.2, 0.25) is 0 Å². The molecule has 2 aliphatic rings. The Labute approximate surface area is 89.6 Å². The molecule has 2 heterocycles. The molecular weight excluding hydrogens is 190 g/mol. The molecule has 15 heavy (non-hydrogen) atoms. The van der Waals surface area contributed by atoms with Crippen LogP contribution in [0.4, 0.5) is 5.69 Å². The monoisotopic (exact) mass is 205 g/mol. The maximum Gasteiger partial charge on any atom is 0.231 e. The zero-order chi connectivity index (χ0) is 10.1. The third-order valence-electron chi connectivity index (χ3n) is 3.08. The highest BCUT2D eigenvalue weighted by atomic mass is 16.7. The lowest BCUT2D eigenvalue weighted by Gasteiger charge is -2.28. The Hall–Kier alpha value is -1.38. The predicted molar refractivity (Wildman–Crippen MR) is 58.6 cm³/mol. The first-order valence-electron chi connectivity index (χ1n) is 5.58. The van der Waals surface area contributed by atoms with Crippen LogP contribution in [0.1, 0.15) is 19.3 Å².